The Hall–Kier alpha value is -2.90. The number of benzene rings is 1. The lowest BCUT2D eigenvalue weighted by Crippen LogP contribution is -2.60. The fraction of sp³-hybridized carbons (Fsp3) is 0.677. The van der Waals surface area contributed by atoms with E-state index in [4.69, 9.17) is 0 Å². The average molecular weight is 539 g/mol. The maximum absolute atomic E-state index is 13.2. The molecule has 1 aliphatic carbocycles. The first-order valence-electron chi connectivity index (χ1n) is 15.1. The van der Waals surface area contributed by atoms with E-state index in [-0.39, 0.29) is 23.9 Å². The summed E-state index contributed by atoms with van der Waals surface area (Å²) >= 11 is 0. The Bertz CT molecular complexity index is 992. The molecule has 2 atom stereocenters. The Morgan fingerprint density at radius 2 is 1.56 bits per heavy atom. The summed E-state index contributed by atoms with van der Waals surface area (Å²) < 4.78 is 0. The highest BCUT2D eigenvalue weighted by atomic mass is 16.2. The predicted molar refractivity (Wildman–Crippen MR) is 150 cm³/mol. The van der Waals surface area contributed by atoms with Crippen molar-refractivity contribution in [3.05, 3.63) is 35.9 Å². The molecule has 1 aromatic rings. The van der Waals surface area contributed by atoms with E-state index in [0.29, 0.717) is 44.6 Å². The smallest absolute Gasteiger partial charge is 0.312 e. The summed E-state index contributed by atoms with van der Waals surface area (Å²) in [6.07, 6.45) is 10.6. The summed E-state index contributed by atoms with van der Waals surface area (Å²) in [4.78, 5) is 56.3. The molecule has 1 aromatic carbocycles. The van der Waals surface area contributed by atoms with Gasteiger partial charge in [0.2, 0.25) is 0 Å². The Balaban J connectivity index is 1.29. The van der Waals surface area contributed by atoms with E-state index in [1.807, 2.05) is 35.2 Å². The van der Waals surface area contributed by atoms with Crippen molar-refractivity contribution in [2.75, 3.05) is 26.2 Å². The molecule has 0 radical (unpaired) electrons. The van der Waals surface area contributed by atoms with Crippen molar-refractivity contribution in [3.63, 3.8) is 0 Å². The van der Waals surface area contributed by atoms with Crippen LogP contribution >= 0.6 is 0 Å². The molecule has 0 spiro atoms. The highest BCUT2D eigenvalue weighted by Crippen LogP contribution is 2.28. The quantitative estimate of drug-likeness (QED) is 0.324. The van der Waals surface area contributed by atoms with Gasteiger partial charge in [0.15, 0.2) is 0 Å². The summed E-state index contributed by atoms with van der Waals surface area (Å²) in [5.41, 5.74) is 0.993. The van der Waals surface area contributed by atoms with E-state index in [0.717, 1.165) is 37.7 Å². The normalized spacial score (nSPS) is 23.1. The van der Waals surface area contributed by atoms with Crippen LogP contribution in [0.3, 0.4) is 0 Å². The van der Waals surface area contributed by atoms with Crippen molar-refractivity contribution >= 4 is 23.6 Å². The van der Waals surface area contributed by atoms with Crippen LogP contribution in [0.5, 0.6) is 0 Å². The van der Waals surface area contributed by atoms with Gasteiger partial charge in [-0.1, -0.05) is 76.3 Å². The highest BCUT2D eigenvalue weighted by Gasteiger charge is 2.39. The van der Waals surface area contributed by atoms with E-state index >= 15 is 0 Å². The lowest BCUT2D eigenvalue weighted by atomic mass is 9.86. The third-order valence-electron chi connectivity index (χ3n) is 8.65. The average Bonchev–Trinajstić information content (AvgIpc) is 2.93. The van der Waals surface area contributed by atoms with Gasteiger partial charge in [-0.3, -0.25) is 19.2 Å². The standard InChI is InChI=1S/C31H46N4O4/c1-23(2)19-27-22-33(30(38)31(39)34(27)18-16-24-11-5-3-6-12-24)17-10-9-15-26-20-32-28(36)29(37)35(26)21-25-13-7-4-8-14-25/h4,7-8,13-14,23-24,26-27H,3,5-6,9-12,15-22H2,1-2H3,(H,32,36)/t26-,27-/m0/s1. The second-order valence-electron chi connectivity index (χ2n) is 12.1. The minimum Gasteiger partial charge on any atom is -0.346 e. The second kappa shape index (κ2) is 13.9. The Morgan fingerprint density at radius 3 is 2.28 bits per heavy atom. The van der Waals surface area contributed by atoms with Gasteiger partial charge in [0.25, 0.3) is 0 Å². The van der Waals surface area contributed by atoms with Gasteiger partial charge in [0, 0.05) is 38.8 Å². The van der Waals surface area contributed by atoms with Crippen LogP contribution < -0.4 is 5.32 Å². The molecule has 0 aromatic heterocycles. The summed E-state index contributed by atoms with van der Waals surface area (Å²) in [5, 5.41) is 2.72. The minimum absolute atomic E-state index is 0.0753. The zero-order valence-electron chi connectivity index (χ0n) is 23.8. The summed E-state index contributed by atoms with van der Waals surface area (Å²) in [7, 11) is 0. The Kier molecular flexibility index (Phi) is 10.4. The number of amides is 4. The molecule has 8 heteroatoms. The van der Waals surface area contributed by atoms with Gasteiger partial charge in [-0.2, -0.15) is 0 Å². The van der Waals surface area contributed by atoms with E-state index in [1.165, 1.54) is 32.1 Å². The molecule has 4 rings (SSSR count). The van der Waals surface area contributed by atoms with E-state index in [1.54, 1.807) is 9.80 Å². The minimum atomic E-state index is -0.552. The fourth-order valence-corrected chi connectivity index (χ4v) is 6.49. The van der Waals surface area contributed by atoms with Crippen molar-refractivity contribution in [2.45, 2.75) is 96.7 Å². The topological polar surface area (TPSA) is 90.0 Å². The molecule has 0 unspecified atom stereocenters. The van der Waals surface area contributed by atoms with Crippen molar-refractivity contribution < 1.29 is 19.2 Å². The van der Waals surface area contributed by atoms with Crippen molar-refractivity contribution in [1.82, 2.24) is 20.0 Å². The van der Waals surface area contributed by atoms with Crippen LogP contribution in [0, 0.1) is 11.8 Å². The number of hydrogen-bond donors (Lipinski definition) is 1. The number of carbonyl (C=O) groups is 4. The predicted octanol–water partition coefficient (Wildman–Crippen LogP) is 3.74. The van der Waals surface area contributed by atoms with Crippen molar-refractivity contribution in [3.8, 4) is 0 Å². The van der Waals surface area contributed by atoms with Crippen molar-refractivity contribution in [2.24, 2.45) is 11.8 Å². The van der Waals surface area contributed by atoms with Crippen LogP contribution in [0.4, 0.5) is 0 Å². The molecule has 1 saturated carbocycles. The van der Waals surface area contributed by atoms with E-state index in [2.05, 4.69) is 19.2 Å². The Labute approximate surface area is 233 Å². The molecule has 8 nitrogen and oxygen atoms in total. The fourth-order valence-electron chi connectivity index (χ4n) is 6.49. The summed E-state index contributed by atoms with van der Waals surface area (Å²) in [5.74, 6) is -0.621. The Morgan fingerprint density at radius 1 is 0.821 bits per heavy atom. The molecule has 2 heterocycles. The summed E-state index contributed by atoms with van der Waals surface area (Å²) in [6.45, 7) is 7.04. The van der Waals surface area contributed by atoms with Crippen molar-refractivity contribution in [1.29, 1.82) is 0 Å². The van der Waals surface area contributed by atoms with Crippen LogP contribution in [0.2, 0.25) is 0 Å². The van der Waals surface area contributed by atoms with Gasteiger partial charge in [0.1, 0.15) is 0 Å². The monoisotopic (exact) mass is 538 g/mol. The number of hydrogen-bond acceptors (Lipinski definition) is 4. The third-order valence-corrected chi connectivity index (χ3v) is 8.65. The summed E-state index contributed by atoms with van der Waals surface area (Å²) in [6, 6.07) is 9.70. The van der Waals surface area contributed by atoms with E-state index in [9.17, 15) is 19.2 Å². The first-order chi connectivity index (χ1) is 18.8. The third kappa shape index (κ3) is 7.83. The van der Waals surface area contributed by atoms with Crippen LogP contribution in [0.25, 0.3) is 0 Å². The lowest BCUT2D eigenvalue weighted by Gasteiger charge is -2.42. The highest BCUT2D eigenvalue weighted by molar-refractivity contribution is 6.36. The second-order valence-corrected chi connectivity index (χ2v) is 12.1. The first kappa shape index (κ1) is 29.1. The van der Waals surface area contributed by atoms with Crippen LogP contribution in [-0.2, 0) is 25.7 Å². The van der Waals surface area contributed by atoms with Gasteiger partial charge in [-0.25, -0.2) is 0 Å². The number of piperazine rings is 2. The lowest BCUT2D eigenvalue weighted by molar-refractivity contribution is -0.159. The van der Waals surface area contributed by atoms with Crippen LogP contribution in [0.1, 0.15) is 83.6 Å². The zero-order valence-corrected chi connectivity index (χ0v) is 23.8. The molecule has 0 bridgehead atoms. The van der Waals surface area contributed by atoms with E-state index < -0.39 is 11.8 Å². The van der Waals surface area contributed by atoms with Crippen LogP contribution in [0.15, 0.2) is 30.3 Å². The number of nitrogens with one attached hydrogen (secondary N) is 1. The van der Waals surface area contributed by atoms with Gasteiger partial charge < -0.3 is 20.0 Å². The van der Waals surface area contributed by atoms with Gasteiger partial charge in [-0.15, -0.1) is 0 Å². The maximum atomic E-state index is 13.2. The number of rotatable bonds is 12. The molecule has 3 fully saturated rings. The van der Waals surface area contributed by atoms with Gasteiger partial charge in [-0.05, 0) is 49.5 Å². The molecule has 39 heavy (non-hydrogen) atoms. The molecule has 4 amide bonds. The molecule has 1 N–H and O–H groups in total. The largest absolute Gasteiger partial charge is 0.346 e. The number of carbonyl (C=O) groups excluding carboxylic acids is 4. The number of unbranched alkanes of at least 4 members (excludes halogenated alkanes) is 1. The molecule has 2 saturated heterocycles. The van der Waals surface area contributed by atoms with Gasteiger partial charge in [0.05, 0.1) is 6.04 Å². The first-order valence-corrected chi connectivity index (χ1v) is 15.1. The molecular formula is C31H46N4O4. The SMILES string of the molecule is CC(C)C[C@H]1CN(CCCC[C@H]2CNC(=O)C(=O)N2Cc2ccccc2)C(=O)C(=O)N1CCC1CCCCC1. The molecule has 2 aliphatic heterocycles. The maximum Gasteiger partial charge on any atom is 0.312 e. The zero-order chi connectivity index (χ0) is 27.8. The molecule has 214 valence electrons. The molecular weight excluding hydrogens is 492 g/mol. The molecule has 3 aliphatic rings. The van der Waals surface area contributed by atoms with Crippen LogP contribution in [-0.4, -0.2) is 76.6 Å². The number of nitrogens with zero attached hydrogens (tertiary/aromatic N) is 3. The van der Waals surface area contributed by atoms with Gasteiger partial charge >= 0.3 is 23.6 Å².